The number of hydrogen-bond acceptors (Lipinski definition) is 4. The summed E-state index contributed by atoms with van der Waals surface area (Å²) in [5, 5.41) is 8.71. The van der Waals surface area contributed by atoms with Crippen LogP contribution in [0.25, 0.3) is 11.0 Å². The molecule has 0 aliphatic rings. The number of anilines is 1. The molecular weight excluding hydrogens is 344 g/mol. The smallest absolute Gasteiger partial charge is 0.379 e. The van der Waals surface area contributed by atoms with Crippen LogP contribution in [-0.2, 0) is 12.7 Å². The lowest BCUT2D eigenvalue weighted by Gasteiger charge is -2.10. The van der Waals surface area contributed by atoms with Crippen molar-refractivity contribution < 1.29 is 27.3 Å². The fourth-order valence-electron chi connectivity index (χ4n) is 2.24. The summed E-state index contributed by atoms with van der Waals surface area (Å²) < 4.78 is 51.4. The summed E-state index contributed by atoms with van der Waals surface area (Å²) in [6.07, 6.45) is -3.58. The van der Waals surface area contributed by atoms with Gasteiger partial charge in [0.2, 0.25) is 0 Å². The Morgan fingerprint density at radius 3 is 2.84 bits per heavy atom. The monoisotopic (exact) mass is 355 g/mol. The molecule has 0 saturated carbocycles. The van der Waals surface area contributed by atoms with Crippen molar-refractivity contribution in [3.63, 3.8) is 0 Å². The molecule has 0 unspecified atom stereocenters. The lowest BCUT2D eigenvalue weighted by Crippen LogP contribution is -2.25. The summed E-state index contributed by atoms with van der Waals surface area (Å²) in [7, 11) is 0. The first-order chi connectivity index (χ1) is 11.8. The van der Waals surface area contributed by atoms with E-state index >= 15 is 0 Å². The number of carbonyl (C=O) groups excluding carboxylic acids is 1. The van der Waals surface area contributed by atoms with Crippen molar-refractivity contribution in [3.05, 3.63) is 47.2 Å². The second-order valence-corrected chi connectivity index (χ2v) is 5.10. The van der Waals surface area contributed by atoms with Crippen molar-refractivity contribution in [1.29, 1.82) is 0 Å². The van der Waals surface area contributed by atoms with Crippen molar-refractivity contribution in [1.82, 2.24) is 20.5 Å². The molecule has 3 rings (SSSR count). The molecule has 3 aromatic rings. The summed E-state index contributed by atoms with van der Waals surface area (Å²) in [5.41, 5.74) is 4.90. The van der Waals surface area contributed by atoms with Gasteiger partial charge in [-0.05, 0) is 22.7 Å². The van der Waals surface area contributed by atoms with Gasteiger partial charge in [-0.2, -0.15) is 18.3 Å². The van der Waals surface area contributed by atoms with Crippen molar-refractivity contribution in [2.75, 3.05) is 5.73 Å². The highest BCUT2D eigenvalue weighted by Gasteiger charge is 2.34. The summed E-state index contributed by atoms with van der Waals surface area (Å²) in [5.74, 6) is -1.89. The number of carbonyl (C=O) groups is 1. The number of aromatic nitrogens is 4. The number of nitrogens with zero attached hydrogens (tertiary/aromatic N) is 2. The molecule has 5 N–H and O–H groups in total. The Morgan fingerprint density at radius 2 is 2.12 bits per heavy atom. The van der Waals surface area contributed by atoms with E-state index in [1.807, 2.05) is 0 Å². The van der Waals surface area contributed by atoms with Crippen molar-refractivity contribution in [2.24, 2.45) is 0 Å². The van der Waals surface area contributed by atoms with Gasteiger partial charge in [-0.25, -0.2) is 9.37 Å². The number of amides is 1. The van der Waals surface area contributed by atoms with Crippen LogP contribution in [0.3, 0.4) is 0 Å². The Balaban J connectivity index is 1.81. The first-order valence-electron chi connectivity index (χ1n) is 6.91. The van der Waals surface area contributed by atoms with Gasteiger partial charge in [0.15, 0.2) is 16.9 Å². The third kappa shape index (κ3) is 3.20. The molecule has 1 aromatic carbocycles. The fraction of sp³-hybridized carbons (Fsp3) is 0.143. The second kappa shape index (κ2) is 6.00. The summed E-state index contributed by atoms with van der Waals surface area (Å²) in [4.78, 5) is 18.8. The molecule has 1 amide bonds. The minimum Gasteiger partial charge on any atom is -0.379 e. The van der Waals surface area contributed by atoms with E-state index in [1.54, 1.807) is 0 Å². The first-order valence-corrected chi connectivity index (χ1v) is 6.91. The average molecular weight is 355 g/mol. The number of nitrogens with one attached hydrogen (secondary N) is 3. The Hall–Kier alpha value is -3.24. The van der Waals surface area contributed by atoms with Crippen LogP contribution in [0.1, 0.15) is 21.6 Å². The number of alkyl halides is 3. The van der Waals surface area contributed by atoms with E-state index in [9.17, 15) is 22.4 Å². The lowest BCUT2D eigenvalue weighted by atomic mass is 10.1. The number of aromatic amines is 2. The van der Waals surface area contributed by atoms with Gasteiger partial charge in [0, 0.05) is 6.54 Å². The van der Waals surface area contributed by atoms with Gasteiger partial charge in [0.25, 0.3) is 17.9 Å². The Labute approximate surface area is 137 Å². The van der Waals surface area contributed by atoms with E-state index in [-0.39, 0.29) is 29.1 Å². The molecule has 0 saturated heterocycles. The largest absolute Gasteiger partial charge is 0.419 e. The number of benzene rings is 1. The SMILES string of the molecule is Nc1n[nH]c2c(C(=O)NCc3ccc(F)c(C(F)(F)F)c3)nc[nH+]c12. The van der Waals surface area contributed by atoms with Gasteiger partial charge in [0.1, 0.15) is 5.82 Å². The standard InChI is InChI=1S/C14H10F4N6O/c15-8-2-1-6(3-7(8)14(16,17)18)4-20-13(25)11-9-10(21-5-22-11)12(19)24-23-9/h1-3,5H,4H2,(H,20,25)(H3,19,23,24)/p+1. The van der Waals surface area contributed by atoms with Crippen LogP contribution in [0.2, 0.25) is 0 Å². The number of nitrogens with two attached hydrogens (primary N) is 1. The van der Waals surface area contributed by atoms with E-state index in [4.69, 9.17) is 5.73 Å². The normalized spacial score (nSPS) is 11.7. The molecule has 130 valence electrons. The highest BCUT2D eigenvalue weighted by atomic mass is 19.4. The van der Waals surface area contributed by atoms with Gasteiger partial charge in [-0.3, -0.25) is 9.89 Å². The van der Waals surface area contributed by atoms with E-state index < -0.39 is 23.5 Å². The van der Waals surface area contributed by atoms with Gasteiger partial charge < -0.3 is 11.1 Å². The topological polar surface area (TPSA) is 111 Å². The van der Waals surface area contributed by atoms with Crippen LogP contribution >= 0.6 is 0 Å². The Bertz CT molecular complexity index is 952. The van der Waals surface area contributed by atoms with E-state index in [0.29, 0.717) is 17.6 Å². The van der Waals surface area contributed by atoms with Crippen molar-refractivity contribution in [2.45, 2.75) is 12.7 Å². The molecule has 0 bridgehead atoms. The van der Waals surface area contributed by atoms with E-state index in [1.165, 1.54) is 6.33 Å². The van der Waals surface area contributed by atoms with Gasteiger partial charge in [-0.15, -0.1) is 0 Å². The van der Waals surface area contributed by atoms with Crippen LogP contribution in [0.5, 0.6) is 0 Å². The third-order valence-corrected chi connectivity index (χ3v) is 3.44. The van der Waals surface area contributed by atoms with Crippen molar-refractivity contribution >= 4 is 22.8 Å². The summed E-state index contributed by atoms with van der Waals surface area (Å²) in [6, 6.07) is 2.50. The van der Waals surface area contributed by atoms with Gasteiger partial charge >= 0.3 is 6.18 Å². The molecule has 2 heterocycles. The summed E-state index contributed by atoms with van der Waals surface area (Å²) in [6.45, 7) is -0.242. The Morgan fingerprint density at radius 1 is 1.36 bits per heavy atom. The number of rotatable bonds is 3. The maximum Gasteiger partial charge on any atom is 0.419 e. The van der Waals surface area contributed by atoms with Gasteiger partial charge in [0.05, 0.1) is 5.56 Å². The number of H-pyrrole nitrogens is 2. The maximum atomic E-state index is 13.3. The molecule has 0 radical (unpaired) electrons. The molecule has 25 heavy (non-hydrogen) atoms. The van der Waals surface area contributed by atoms with Crippen LogP contribution < -0.4 is 16.0 Å². The zero-order chi connectivity index (χ0) is 18.2. The molecule has 0 atom stereocenters. The third-order valence-electron chi connectivity index (χ3n) is 3.44. The van der Waals surface area contributed by atoms with E-state index in [2.05, 4.69) is 25.5 Å². The summed E-state index contributed by atoms with van der Waals surface area (Å²) >= 11 is 0. The molecule has 0 aliphatic heterocycles. The molecule has 0 aliphatic carbocycles. The quantitative estimate of drug-likeness (QED) is 0.617. The predicted molar refractivity (Wildman–Crippen MR) is 77.4 cm³/mol. The molecule has 0 fully saturated rings. The first kappa shape index (κ1) is 16.6. The zero-order valence-corrected chi connectivity index (χ0v) is 12.4. The second-order valence-electron chi connectivity index (χ2n) is 5.10. The van der Waals surface area contributed by atoms with Crippen LogP contribution in [0, 0.1) is 5.82 Å². The van der Waals surface area contributed by atoms with Crippen molar-refractivity contribution in [3.8, 4) is 0 Å². The Kier molecular flexibility index (Phi) is 3.99. The number of hydrogen-bond donors (Lipinski definition) is 3. The van der Waals surface area contributed by atoms with Crippen LogP contribution in [-0.4, -0.2) is 21.1 Å². The number of nitrogen functional groups attached to an aromatic ring is 1. The molecule has 11 heteroatoms. The molecular formula is C14H11F4N6O+. The lowest BCUT2D eigenvalue weighted by molar-refractivity contribution is -0.349. The van der Waals surface area contributed by atoms with E-state index in [0.717, 1.165) is 6.07 Å². The van der Waals surface area contributed by atoms with Gasteiger partial charge in [-0.1, -0.05) is 6.07 Å². The molecule has 7 nitrogen and oxygen atoms in total. The van der Waals surface area contributed by atoms with Crippen LogP contribution in [0.15, 0.2) is 24.5 Å². The highest BCUT2D eigenvalue weighted by Crippen LogP contribution is 2.31. The predicted octanol–water partition coefficient (Wildman–Crippen LogP) is 1.44. The molecule has 0 spiro atoms. The zero-order valence-electron chi connectivity index (χ0n) is 12.4. The highest BCUT2D eigenvalue weighted by molar-refractivity contribution is 6.03. The minimum atomic E-state index is -4.82. The molecule has 2 aromatic heterocycles. The minimum absolute atomic E-state index is 0.0314. The average Bonchev–Trinajstić information content (AvgIpc) is 2.94. The van der Waals surface area contributed by atoms with Crippen LogP contribution in [0.4, 0.5) is 23.4 Å². The maximum absolute atomic E-state index is 13.3. The fourth-order valence-corrected chi connectivity index (χ4v) is 2.24. The number of fused-ring (bicyclic) bond motifs is 1. The number of halogens is 4.